The number of ketones is 1. The Labute approximate surface area is 292 Å². The monoisotopic (exact) mass is 699 g/mol. The van der Waals surface area contributed by atoms with Crippen LogP contribution in [0.15, 0.2) is 0 Å². The summed E-state index contributed by atoms with van der Waals surface area (Å²) < 4.78 is 32.0. The topological polar surface area (TPSA) is 177 Å². The molecule has 0 bridgehead atoms. The third kappa shape index (κ3) is 26.5. The fourth-order valence-electron chi connectivity index (χ4n) is 4.37. The van der Waals surface area contributed by atoms with E-state index in [0.717, 1.165) is 32.1 Å². The highest BCUT2D eigenvalue weighted by atomic mass is 16.6. The maximum atomic E-state index is 12.9. The Balaban J connectivity index is 3.93. The molecule has 0 rings (SSSR count). The van der Waals surface area contributed by atoms with Gasteiger partial charge in [0, 0.05) is 32.2 Å². The van der Waals surface area contributed by atoms with E-state index in [1.165, 1.54) is 7.11 Å². The fourth-order valence-corrected chi connectivity index (χ4v) is 4.37. The van der Waals surface area contributed by atoms with Crippen LogP contribution in [0, 0.1) is 18.3 Å². The van der Waals surface area contributed by atoms with Gasteiger partial charge in [0.25, 0.3) is 0 Å². The van der Waals surface area contributed by atoms with Crippen LogP contribution in [-0.4, -0.2) is 121 Å². The van der Waals surface area contributed by atoms with Crippen LogP contribution >= 0.6 is 0 Å². The van der Waals surface area contributed by atoms with Gasteiger partial charge in [-0.15, -0.1) is 12.3 Å². The Kier molecular flexibility index (Phi) is 29.0. The zero-order valence-electron chi connectivity index (χ0n) is 30.3. The number of ether oxygens (including phenoxy) is 6. The lowest BCUT2D eigenvalue weighted by atomic mass is 9.97. The maximum absolute atomic E-state index is 12.9. The van der Waals surface area contributed by atoms with Gasteiger partial charge in [-0.3, -0.25) is 24.0 Å². The molecule has 0 heterocycles. The van der Waals surface area contributed by atoms with Crippen molar-refractivity contribution in [2.45, 2.75) is 104 Å². The van der Waals surface area contributed by atoms with Crippen molar-refractivity contribution >= 4 is 29.5 Å². The summed E-state index contributed by atoms with van der Waals surface area (Å²) in [6.07, 6.45) is 10.3. The number of rotatable bonds is 32. The van der Waals surface area contributed by atoms with Gasteiger partial charge in [-0.1, -0.05) is 33.6 Å². The van der Waals surface area contributed by atoms with Crippen molar-refractivity contribution in [1.29, 1.82) is 0 Å². The number of nitrogens with one attached hydrogen (secondary N) is 3. The highest BCUT2D eigenvalue weighted by molar-refractivity contribution is 5.93. The van der Waals surface area contributed by atoms with Gasteiger partial charge in [0.15, 0.2) is 5.78 Å². The number of methoxy groups -OCH3 is 1. The smallest absolute Gasteiger partial charge is 0.305 e. The summed E-state index contributed by atoms with van der Waals surface area (Å²) >= 11 is 0. The molecule has 282 valence electrons. The van der Waals surface area contributed by atoms with Crippen molar-refractivity contribution in [2.24, 2.45) is 5.92 Å². The van der Waals surface area contributed by atoms with Gasteiger partial charge in [-0.2, -0.15) is 0 Å². The van der Waals surface area contributed by atoms with Crippen LogP contribution in [0.1, 0.15) is 85.5 Å². The molecule has 0 aliphatic rings. The van der Waals surface area contributed by atoms with Crippen LogP contribution in [0.4, 0.5) is 0 Å². The summed E-state index contributed by atoms with van der Waals surface area (Å²) in [6, 6.07) is -1.69. The molecule has 49 heavy (non-hydrogen) atoms. The molecule has 14 heteroatoms. The van der Waals surface area contributed by atoms with Crippen LogP contribution < -0.4 is 16.0 Å². The van der Waals surface area contributed by atoms with Crippen LogP contribution in [-0.2, 0) is 52.4 Å². The number of Topliss-reactive ketones (excluding diaryl/α,β-unsaturated/α-hetero) is 1. The highest BCUT2D eigenvalue weighted by Gasteiger charge is 2.28. The van der Waals surface area contributed by atoms with Crippen LogP contribution in [0.2, 0.25) is 0 Å². The zero-order valence-corrected chi connectivity index (χ0v) is 30.3. The molecule has 14 nitrogen and oxygen atoms in total. The SMILES string of the molecule is C#CCCCCCC(C)OCC(=O)NCCOCCOCCOCCOCCC(=O)N[C@H](CCC(=O)OC)C(=O)N[C@H](C(=O)CC)C(C)C. The molecule has 3 N–H and O–H groups in total. The molecule has 3 amide bonds. The minimum atomic E-state index is -1.00. The lowest BCUT2D eigenvalue weighted by Gasteiger charge is -2.24. The number of carbonyl (C=O) groups is 5. The first-order valence-electron chi connectivity index (χ1n) is 17.4. The van der Waals surface area contributed by atoms with Gasteiger partial charge < -0.3 is 44.4 Å². The predicted octanol–water partition coefficient (Wildman–Crippen LogP) is 2.11. The fraction of sp³-hybridized carbons (Fsp3) is 0.800. The quantitative estimate of drug-likeness (QED) is 0.0533. The molecule has 0 spiro atoms. The van der Waals surface area contributed by atoms with E-state index >= 15 is 0 Å². The Morgan fingerprint density at radius 1 is 0.735 bits per heavy atom. The molecule has 0 aromatic heterocycles. The Bertz CT molecular complexity index is 971. The second-order valence-corrected chi connectivity index (χ2v) is 11.8. The minimum absolute atomic E-state index is 0.00205. The van der Waals surface area contributed by atoms with E-state index in [4.69, 9.17) is 30.1 Å². The number of unbranched alkanes of at least 4 members (excludes halogenated alkanes) is 3. The van der Waals surface area contributed by atoms with E-state index in [-0.39, 0.29) is 69.2 Å². The Morgan fingerprint density at radius 3 is 1.92 bits per heavy atom. The number of hydrogen-bond acceptors (Lipinski definition) is 11. The third-order valence-electron chi connectivity index (χ3n) is 7.27. The molecular formula is C35H61N3O11. The first-order chi connectivity index (χ1) is 23.5. The van der Waals surface area contributed by atoms with Crippen molar-refractivity contribution < 1.29 is 52.4 Å². The summed E-state index contributed by atoms with van der Waals surface area (Å²) in [4.78, 5) is 61.2. The minimum Gasteiger partial charge on any atom is -0.469 e. The number of hydrogen-bond donors (Lipinski definition) is 3. The average molecular weight is 700 g/mol. The lowest BCUT2D eigenvalue weighted by Crippen LogP contribution is -2.53. The molecule has 3 atom stereocenters. The van der Waals surface area contributed by atoms with E-state index in [1.807, 2.05) is 20.8 Å². The lowest BCUT2D eigenvalue weighted by molar-refractivity contribution is -0.141. The van der Waals surface area contributed by atoms with Crippen LogP contribution in [0.25, 0.3) is 0 Å². The zero-order chi connectivity index (χ0) is 36.7. The van der Waals surface area contributed by atoms with Crippen LogP contribution in [0.3, 0.4) is 0 Å². The van der Waals surface area contributed by atoms with Crippen molar-refractivity contribution in [2.75, 3.05) is 73.1 Å². The molecule has 0 saturated heterocycles. The molecule has 0 aliphatic carbocycles. The molecule has 0 aromatic carbocycles. The number of carbonyl (C=O) groups excluding carboxylic acids is 5. The highest BCUT2D eigenvalue weighted by Crippen LogP contribution is 2.09. The number of amides is 3. The van der Waals surface area contributed by atoms with Crippen molar-refractivity contribution in [3.05, 3.63) is 0 Å². The van der Waals surface area contributed by atoms with E-state index in [0.29, 0.717) is 46.2 Å². The van der Waals surface area contributed by atoms with E-state index in [9.17, 15) is 24.0 Å². The van der Waals surface area contributed by atoms with E-state index < -0.39 is 29.9 Å². The summed E-state index contributed by atoms with van der Waals surface area (Å²) in [5.74, 6) is 0.742. The Hall–Kier alpha value is -3.09. The Morgan fingerprint density at radius 2 is 1.35 bits per heavy atom. The molecule has 0 saturated carbocycles. The third-order valence-corrected chi connectivity index (χ3v) is 7.27. The number of esters is 1. The normalized spacial score (nSPS) is 12.8. The summed E-state index contributed by atoms with van der Waals surface area (Å²) in [5, 5.41) is 8.10. The second-order valence-electron chi connectivity index (χ2n) is 11.8. The van der Waals surface area contributed by atoms with Crippen molar-refractivity contribution in [1.82, 2.24) is 16.0 Å². The first-order valence-corrected chi connectivity index (χ1v) is 17.4. The average Bonchev–Trinajstić information content (AvgIpc) is 3.08. The molecule has 0 aliphatic heterocycles. The molecule has 0 radical (unpaired) electrons. The summed E-state index contributed by atoms with van der Waals surface area (Å²) in [6.45, 7) is 10.3. The first kappa shape index (κ1) is 45.9. The van der Waals surface area contributed by atoms with Gasteiger partial charge in [-0.25, -0.2) is 0 Å². The van der Waals surface area contributed by atoms with Gasteiger partial charge in [0.2, 0.25) is 17.7 Å². The summed E-state index contributed by atoms with van der Waals surface area (Å²) in [7, 11) is 1.24. The standard InChI is InChI=1S/C35H61N3O11/c1-7-9-10-11-12-13-28(5)49-26-32(41)36-17-19-46-21-23-48-25-24-47-22-20-45-18-16-31(40)37-29(14-15-33(42)44-6)35(43)38-34(27(3)4)30(39)8-2/h1,27-29,34H,8-26H2,2-6H3,(H,36,41)(H,37,40)(H,38,43)/t28?,29-,34+/m1/s1. The number of terminal acetylenes is 1. The molecule has 0 aromatic rings. The predicted molar refractivity (Wildman–Crippen MR) is 183 cm³/mol. The largest absolute Gasteiger partial charge is 0.469 e. The van der Waals surface area contributed by atoms with Gasteiger partial charge in [0.05, 0.1) is 72.1 Å². The van der Waals surface area contributed by atoms with Crippen molar-refractivity contribution in [3.8, 4) is 12.3 Å². The van der Waals surface area contributed by atoms with Gasteiger partial charge >= 0.3 is 5.97 Å². The van der Waals surface area contributed by atoms with E-state index in [1.54, 1.807) is 6.92 Å². The summed E-state index contributed by atoms with van der Waals surface area (Å²) in [5.41, 5.74) is 0. The van der Waals surface area contributed by atoms with E-state index in [2.05, 4.69) is 26.6 Å². The van der Waals surface area contributed by atoms with Gasteiger partial charge in [0.1, 0.15) is 12.6 Å². The molecule has 0 fully saturated rings. The van der Waals surface area contributed by atoms with Gasteiger partial charge in [-0.05, 0) is 32.1 Å². The second kappa shape index (κ2) is 30.9. The van der Waals surface area contributed by atoms with Crippen molar-refractivity contribution in [3.63, 3.8) is 0 Å². The van der Waals surface area contributed by atoms with Crippen LogP contribution in [0.5, 0.6) is 0 Å². The molecular weight excluding hydrogens is 638 g/mol. The molecule has 1 unspecified atom stereocenters. The maximum Gasteiger partial charge on any atom is 0.305 e.